The third-order valence-corrected chi connectivity index (χ3v) is 2.81. The van der Waals surface area contributed by atoms with Gasteiger partial charge in [0.1, 0.15) is 18.2 Å². The second-order valence-electron chi connectivity index (χ2n) is 3.15. The van der Waals surface area contributed by atoms with E-state index in [0.717, 1.165) is 0 Å². The number of nitrogens with two attached hydrogens (primary N) is 1. The van der Waals surface area contributed by atoms with E-state index in [1.807, 2.05) is 0 Å². The van der Waals surface area contributed by atoms with E-state index >= 15 is 0 Å². The molecule has 0 aromatic heterocycles. The number of nitrogens with one attached hydrogen (secondary N) is 3. The summed E-state index contributed by atoms with van der Waals surface area (Å²) in [5, 5.41) is 6.98. The van der Waals surface area contributed by atoms with Crippen molar-refractivity contribution in [1.29, 1.82) is 5.41 Å². The average Bonchev–Trinajstić information content (AvgIpc) is 2.28. The van der Waals surface area contributed by atoms with Gasteiger partial charge in [-0.15, -0.1) is 0 Å². The maximum Gasteiger partial charge on any atom is 0.298 e. The highest BCUT2D eigenvalue weighted by Crippen LogP contribution is 2.16. The minimum Gasteiger partial charge on any atom is -0.486 e. The third-order valence-electron chi connectivity index (χ3n) is 1.77. The molecule has 0 aliphatic rings. The van der Waals surface area contributed by atoms with E-state index < -0.39 is 10.2 Å². The summed E-state index contributed by atoms with van der Waals surface area (Å²) in [7, 11) is -2.19. The number of hydrogen-bond donors (Lipinski definition) is 4. The van der Waals surface area contributed by atoms with Crippen LogP contribution < -0.4 is 19.9 Å². The molecule has 0 spiro atoms. The summed E-state index contributed by atoms with van der Waals surface area (Å²) in [6.07, 6.45) is 0. The van der Waals surface area contributed by atoms with Gasteiger partial charge in [-0.3, -0.25) is 10.1 Å². The maximum atomic E-state index is 11.2. The zero-order valence-electron chi connectivity index (χ0n) is 9.23. The summed E-state index contributed by atoms with van der Waals surface area (Å²) in [6.45, 7) is 0.00158. The zero-order valence-corrected chi connectivity index (χ0v) is 10.0. The molecule has 94 valence electrons. The monoisotopic (exact) mass is 258 g/mol. The molecule has 0 bridgehead atoms. The molecule has 7 nitrogen and oxygen atoms in total. The molecule has 17 heavy (non-hydrogen) atoms. The molecule has 0 amide bonds. The van der Waals surface area contributed by atoms with Crippen molar-refractivity contribution in [2.45, 2.75) is 0 Å². The first-order valence-corrected chi connectivity index (χ1v) is 6.18. The summed E-state index contributed by atoms with van der Waals surface area (Å²) in [6, 6.07) is 6.25. The highest BCUT2D eigenvalue weighted by Gasteiger charge is 2.05. The van der Waals surface area contributed by atoms with Crippen LogP contribution in [0.25, 0.3) is 0 Å². The lowest BCUT2D eigenvalue weighted by molar-refractivity contribution is 0.374. The summed E-state index contributed by atoms with van der Waals surface area (Å²) in [5.74, 6) is 0.428. The number of rotatable bonds is 6. The predicted molar refractivity (Wildman–Crippen MR) is 65.5 cm³/mol. The SMILES string of the molecule is CNS(=O)(=O)Nc1ccc(OCC(=N)N)cc1. The molecule has 0 aliphatic carbocycles. The van der Waals surface area contributed by atoms with E-state index in [1.54, 1.807) is 24.3 Å². The Hall–Kier alpha value is -1.80. The summed E-state index contributed by atoms with van der Waals surface area (Å²) < 4.78 is 31.9. The highest BCUT2D eigenvalue weighted by molar-refractivity contribution is 7.90. The van der Waals surface area contributed by atoms with Gasteiger partial charge in [0.15, 0.2) is 0 Å². The van der Waals surface area contributed by atoms with E-state index in [-0.39, 0.29) is 12.4 Å². The van der Waals surface area contributed by atoms with Gasteiger partial charge < -0.3 is 10.5 Å². The molecule has 8 heteroatoms. The van der Waals surface area contributed by atoms with Crippen LogP contribution in [-0.4, -0.2) is 27.9 Å². The second-order valence-corrected chi connectivity index (χ2v) is 4.77. The molecule has 5 N–H and O–H groups in total. The van der Waals surface area contributed by atoms with Crippen LogP contribution in [0.15, 0.2) is 24.3 Å². The van der Waals surface area contributed by atoms with E-state index in [9.17, 15) is 8.42 Å². The van der Waals surface area contributed by atoms with Crippen molar-refractivity contribution in [2.24, 2.45) is 5.73 Å². The average molecular weight is 258 g/mol. The quantitative estimate of drug-likeness (QED) is 0.420. The second kappa shape index (κ2) is 5.51. The fraction of sp³-hybridized carbons (Fsp3) is 0.222. The normalized spacial score (nSPS) is 10.9. The Morgan fingerprint density at radius 2 is 2.00 bits per heavy atom. The number of amidine groups is 1. The van der Waals surface area contributed by atoms with Crippen molar-refractivity contribution in [3.05, 3.63) is 24.3 Å². The smallest absolute Gasteiger partial charge is 0.298 e. The van der Waals surface area contributed by atoms with Gasteiger partial charge in [-0.1, -0.05) is 0 Å². The van der Waals surface area contributed by atoms with E-state index in [0.29, 0.717) is 11.4 Å². The standard InChI is InChI=1S/C9H14N4O3S/c1-12-17(14,15)13-7-2-4-8(5-3-7)16-6-9(10)11/h2-5,12-13H,6H2,1H3,(H3,10,11). The largest absolute Gasteiger partial charge is 0.486 e. The van der Waals surface area contributed by atoms with Crippen LogP contribution in [0, 0.1) is 5.41 Å². The van der Waals surface area contributed by atoms with Gasteiger partial charge in [0.25, 0.3) is 10.2 Å². The van der Waals surface area contributed by atoms with Gasteiger partial charge >= 0.3 is 0 Å². The maximum absolute atomic E-state index is 11.2. The molecule has 0 saturated heterocycles. The number of ether oxygens (including phenoxy) is 1. The van der Waals surface area contributed by atoms with Crippen LogP contribution in [-0.2, 0) is 10.2 Å². The molecule has 0 unspecified atom stereocenters. The first-order chi connectivity index (χ1) is 7.93. The lowest BCUT2D eigenvalue weighted by Crippen LogP contribution is -2.26. The van der Waals surface area contributed by atoms with Crippen LogP contribution in [0.4, 0.5) is 5.69 Å². The summed E-state index contributed by atoms with van der Waals surface area (Å²) in [5.41, 5.74) is 5.54. The van der Waals surface area contributed by atoms with Crippen LogP contribution in [0.1, 0.15) is 0 Å². The van der Waals surface area contributed by atoms with Gasteiger partial charge in [0, 0.05) is 12.7 Å². The minimum atomic E-state index is -3.51. The summed E-state index contributed by atoms with van der Waals surface area (Å²) in [4.78, 5) is 0. The Morgan fingerprint density at radius 1 is 1.41 bits per heavy atom. The molecule has 0 atom stereocenters. The lowest BCUT2D eigenvalue weighted by atomic mass is 10.3. The van der Waals surface area contributed by atoms with Gasteiger partial charge in [0.05, 0.1) is 0 Å². The number of anilines is 1. The Bertz CT molecular complexity index is 483. The van der Waals surface area contributed by atoms with Gasteiger partial charge in [-0.25, -0.2) is 4.72 Å². The molecule has 1 rings (SSSR count). The number of benzene rings is 1. The molecule has 0 radical (unpaired) electrons. The molecule has 1 aromatic carbocycles. The zero-order chi connectivity index (χ0) is 12.9. The Morgan fingerprint density at radius 3 is 2.47 bits per heavy atom. The van der Waals surface area contributed by atoms with Crippen LogP contribution in [0.2, 0.25) is 0 Å². The molecule has 0 aliphatic heterocycles. The van der Waals surface area contributed by atoms with Crippen molar-refractivity contribution in [2.75, 3.05) is 18.4 Å². The molecule has 0 fully saturated rings. The van der Waals surface area contributed by atoms with Crippen LogP contribution in [0.5, 0.6) is 5.75 Å². The van der Waals surface area contributed by atoms with Crippen molar-refractivity contribution < 1.29 is 13.2 Å². The molecule has 1 aromatic rings. The first kappa shape index (κ1) is 13.3. The van der Waals surface area contributed by atoms with Crippen molar-refractivity contribution in [1.82, 2.24) is 4.72 Å². The van der Waals surface area contributed by atoms with Gasteiger partial charge in [-0.05, 0) is 24.3 Å². The Balaban J connectivity index is 2.65. The predicted octanol–water partition coefficient (Wildman–Crippen LogP) is -0.123. The first-order valence-electron chi connectivity index (χ1n) is 4.70. The van der Waals surface area contributed by atoms with E-state index in [2.05, 4.69) is 9.44 Å². The number of hydrogen-bond acceptors (Lipinski definition) is 4. The Kier molecular flexibility index (Phi) is 4.30. The molecule has 0 heterocycles. The molecular formula is C9H14N4O3S. The molecule has 0 saturated carbocycles. The molecular weight excluding hydrogens is 244 g/mol. The minimum absolute atomic E-state index is 0.00158. The van der Waals surface area contributed by atoms with E-state index in [1.165, 1.54) is 7.05 Å². The van der Waals surface area contributed by atoms with Gasteiger partial charge in [-0.2, -0.15) is 8.42 Å². The van der Waals surface area contributed by atoms with Crippen molar-refractivity contribution in [3.8, 4) is 5.75 Å². The Labute approximate surface area is 99.7 Å². The topological polar surface area (TPSA) is 117 Å². The van der Waals surface area contributed by atoms with E-state index in [4.69, 9.17) is 15.9 Å². The fourth-order valence-electron chi connectivity index (χ4n) is 0.986. The van der Waals surface area contributed by atoms with Crippen LogP contribution in [0.3, 0.4) is 0 Å². The fourth-order valence-corrected chi connectivity index (χ4v) is 1.53. The lowest BCUT2D eigenvalue weighted by Gasteiger charge is -2.08. The van der Waals surface area contributed by atoms with Crippen molar-refractivity contribution in [3.63, 3.8) is 0 Å². The highest BCUT2D eigenvalue weighted by atomic mass is 32.2. The van der Waals surface area contributed by atoms with Gasteiger partial charge in [0.2, 0.25) is 0 Å². The third kappa shape index (κ3) is 4.70. The summed E-state index contributed by atoms with van der Waals surface area (Å²) >= 11 is 0. The van der Waals surface area contributed by atoms with Crippen LogP contribution >= 0.6 is 0 Å². The van der Waals surface area contributed by atoms with Crippen molar-refractivity contribution >= 4 is 21.7 Å².